The fourth-order valence-electron chi connectivity index (χ4n) is 4.42. The van der Waals surface area contributed by atoms with E-state index in [4.69, 9.17) is 16.6 Å². The van der Waals surface area contributed by atoms with Crippen molar-refractivity contribution in [3.05, 3.63) is 97.9 Å². The molecular weight excluding hydrogens is 433 g/mol. The highest BCUT2D eigenvalue weighted by atomic mass is 35.5. The predicted molar refractivity (Wildman–Crippen MR) is 117 cm³/mol. The van der Waals surface area contributed by atoms with Crippen LogP contribution in [0.1, 0.15) is 47.2 Å². The van der Waals surface area contributed by atoms with E-state index in [1.54, 1.807) is 0 Å². The summed E-state index contributed by atoms with van der Waals surface area (Å²) in [5, 5.41) is 10.2. The summed E-state index contributed by atoms with van der Waals surface area (Å²) < 4.78 is 13.7. The van der Waals surface area contributed by atoms with Crippen LogP contribution in [0.3, 0.4) is 0 Å². The average Bonchev–Trinajstić information content (AvgIpc) is 3.62. The van der Waals surface area contributed by atoms with Crippen molar-refractivity contribution in [1.82, 2.24) is 14.9 Å². The zero-order valence-electron chi connectivity index (χ0n) is 17.1. The number of fused-ring (bicyclic) bond motifs is 1. The van der Waals surface area contributed by atoms with E-state index in [1.165, 1.54) is 17.0 Å². The van der Waals surface area contributed by atoms with Gasteiger partial charge in [0.05, 0.1) is 28.2 Å². The molecule has 2 heterocycles. The van der Waals surface area contributed by atoms with Gasteiger partial charge in [-0.2, -0.15) is 0 Å². The fourth-order valence-corrected chi connectivity index (χ4v) is 4.65. The number of hydrogen-bond donors (Lipinski definition) is 2. The first-order valence-electron chi connectivity index (χ1n) is 10.5. The van der Waals surface area contributed by atoms with Crippen molar-refractivity contribution in [2.45, 2.75) is 37.3 Å². The molecule has 32 heavy (non-hydrogen) atoms. The maximum Gasteiger partial charge on any atom is 0.256 e. The first-order valence-corrected chi connectivity index (χ1v) is 10.9. The highest BCUT2D eigenvalue weighted by Gasteiger charge is 2.48. The van der Waals surface area contributed by atoms with Crippen molar-refractivity contribution in [2.24, 2.45) is 0 Å². The molecule has 1 aromatic heterocycles. The number of amides is 1. The molecule has 1 atom stereocenters. The van der Waals surface area contributed by atoms with Crippen LogP contribution in [-0.2, 0) is 23.2 Å². The summed E-state index contributed by atoms with van der Waals surface area (Å²) in [7, 11) is 0. The van der Waals surface area contributed by atoms with Gasteiger partial charge < -0.3 is 15.0 Å². The molecule has 0 radical (unpaired) electrons. The van der Waals surface area contributed by atoms with E-state index in [-0.39, 0.29) is 28.1 Å². The first kappa shape index (κ1) is 20.8. The Morgan fingerprint density at radius 3 is 2.66 bits per heavy atom. The van der Waals surface area contributed by atoms with Crippen LogP contribution in [0.15, 0.2) is 53.3 Å². The molecule has 2 N–H and O–H groups in total. The van der Waals surface area contributed by atoms with E-state index in [0.717, 1.165) is 24.5 Å². The van der Waals surface area contributed by atoms with Crippen molar-refractivity contribution >= 4 is 17.5 Å². The third kappa shape index (κ3) is 3.42. The van der Waals surface area contributed by atoms with Crippen LogP contribution in [0, 0.1) is 5.82 Å². The minimum atomic E-state index is -1.61. The van der Waals surface area contributed by atoms with Crippen molar-refractivity contribution < 1.29 is 14.3 Å². The number of aliphatic hydroxyl groups excluding tert-OH is 1. The second-order valence-electron chi connectivity index (χ2n) is 8.34. The lowest BCUT2D eigenvalue weighted by Gasteiger charge is -2.30. The zero-order valence-corrected chi connectivity index (χ0v) is 17.9. The molecule has 1 saturated carbocycles. The van der Waals surface area contributed by atoms with Crippen LogP contribution < -0.4 is 5.56 Å². The molecule has 2 aliphatic rings. The summed E-state index contributed by atoms with van der Waals surface area (Å²) >= 11 is 5.92. The molecule has 164 valence electrons. The summed E-state index contributed by atoms with van der Waals surface area (Å²) in [6, 6.07) is 14.0. The number of carbonyl (C=O) groups is 1. The molecule has 1 unspecified atom stereocenters. The van der Waals surface area contributed by atoms with Crippen LogP contribution in [0.2, 0.25) is 5.02 Å². The van der Waals surface area contributed by atoms with Gasteiger partial charge in [0, 0.05) is 18.5 Å². The number of nitrogens with one attached hydrogen (secondary N) is 1. The molecule has 0 bridgehead atoms. The van der Waals surface area contributed by atoms with E-state index in [1.807, 2.05) is 30.3 Å². The monoisotopic (exact) mass is 453 g/mol. The minimum Gasteiger partial charge on any atom is -0.378 e. The maximum atomic E-state index is 13.7. The SMILES string of the molecule is O=C(C(O)c1cccc(F)c1Cl)N1CCc2nc(C3(c4ccccc4)CC3)[nH]c(=O)c2C1. The third-order valence-electron chi connectivity index (χ3n) is 6.42. The largest absolute Gasteiger partial charge is 0.378 e. The van der Waals surface area contributed by atoms with Gasteiger partial charge in [-0.05, 0) is 24.5 Å². The molecule has 3 aromatic rings. The summed E-state index contributed by atoms with van der Waals surface area (Å²) in [6.45, 7) is 0.323. The van der Waals surface area contributed by atoms with E-state index < -0.39 is 17.8 Å². The second kappa shape index (κ2) is 7.83. The van der Waals surface area contributed by atoms with Crippen LogP contribution in [-0.4, -0.2) is 32.4 Å². The fraction of sp³-hybridized carbons (Fsp3) is 0.292. The maximum absolute atomic E-state index is 13.7. The van der Waals surface area contributed by atoms with Crippen molar-refractivity contribution in [2.75, 3.05) is 6.54 Å². The van der Waals surface area contributed by atoms with Gasteiger partial charge in [0.2, 0.25) is 0 Å². The average molecular weight is 454 g/mol. The number of benzene rings is 2. The van der Waals surface area contributed by atoms with Gasteiger partial charge in [0.15, 0.2) is 6.10 Å². The Morgan fingerprint density at radius 2 is 1.94 bits per heavy atom. The number of nitrogens with zero attached hydrogens (tertiary/aromatic N) is 2. The molecular formula is C24H21ClFN3O3. The number of aromatic nitrogens is 2. The van der Waals surface area contributed by atoms with E-state index in [2.05, 4.69) is 4.98 Å². The summed E-state index contributed by atoms with van der Waals surface area (Å²) in [5.74, 6) is -0.672. The van der Waals surface area contributed by atoms with Gasteiger partial charge in [-0.1, -0.05) is 54.1 Å². The number of hydrogen-bond acceptors (Lipinski definition) is 4. The van der Waals surface area contributed by atoms with Crippen LogP contribution in [0.25, 0.3) is 0 Å². The molecule has 1 aliphatic carbocycles. The number of halogens is 2. The number of rotatable bonds is 4. The van der Waals surface area contributed by atoms with Crippen molar-refractivity contribution in [3.63, 3.8) is 0 Å². The molecule has 6 nitrogen and oxygen atoms in total. The zero-order chi connectivity index (χ0) is 22.5. The Bertz CT molecular complexity index is 1260. The lowest BCUT2D eigenvalue weighted by molar-refractivity contribution is -0.141. The number of aliphatic hydroxyl groups is 1. The molecule has 0 spiro atoms. The normalized spacial score (nSPS) is 17.5. The van der Waals surface area contributed by atoms with E-state index in [9.17, 15) is 19.1 Å². The quantitative estimate of drug-likeness (QED) is 0.635. The minimum absolute atomic E-state index is 0.00313. The Labute approximate surface area is 188 Å². The van der Waals surface area contributed by atoms with Crippen LogP contribution >= 0.6 is 11.6 Å². The van der Waals surface area contributed by atoms with Gasteiger partial charge in [0.25, 0.3) is 11.5 Å². The molecule has 1 aliphatic heterocycles. The molecule has 5 rings (SSSR count). The summed E-state index contributed by atoms with van der Waals surface area (Å²) in [5.41, 5.74) is 1.69. The van der Waals surface area contributed by atoms with Gasteiger partial charge in [0.1, 0.15) is 11.6 Å². The van der Waals surface area contributed by atoms with Crippen molar-refractivity contribution in [1.29, 1.82) is 0 Å². The molecule has 0 saturated heterocycles. The number of carbonyl (C=O) groups excluding carboxylic acids is 1. The summed E-state index contributed by atoms with van der Waals surface area (Å²) in [4.78, 5) is 34.9. The lowest BCUT2D eigenvalue weighted by atomic mass is 9.94. The van der Waals surface area contributed by atoms with Gasteiger partial charge in [-0.3, -0.25) is 9.59 Å². The van der Waals surface area contributed by atoms with Gasteiger partial charge in [-0.15, -0.1) is 0 Å². The Hall–Kier alpha value is -3.03. The Balaban J connectivity index is 1.41. The lowest BCUT2D eigenvalue weighted by Crippen LogP contribution is -2.42. The van der Waals surface area contributed by atoms with Crippen LogP contribution in [0.4, 0.5) is 4.39 Å². The number of H-pyrrole nitrogens is 1. The Kier molecular flexibility index (Phi) is 5.10. The van der Waals surface area contributed by atoms with Crippen molar-refractivity contribution in [3.8, 4) is 0 Å². The Morgan fingerprint density at radius 1 is 1.19 bits per heavy atom. The summed E-state index contributed by atoms with van der Waals surface area (Å²) in [6.07, 6.45) is 0.624. The standard InChI is InChI=1S/C24H21ClFN3O3/c25-19-15(7-4-8-17(19)26)20(30)22(32)29-12-9-18-16(13-29)21(31)28-23(27-18)24(10-11-24)14-5-2-1-3-6-14/h1-8,20,30H,9-13H2,(H,27,28,31). The van der Waals surface area contributed by atoms with E-state index in [0.29, 0.717) is 30.0 Å². The van der Waals surface area contributed by atoms with E-state index >= 15 is 0 Å². The van der Waals surface area contributed by atoms with Gasteiger partial charge in [-0.25, -0.2) is 9.37 Å². The first-order chi connectivity index (χ1) is 15.4. The predicted octanol–water partition coefficient (Wildman–Crippen LogP) is 3.26. The highest BCUT2D eigenvalue weighted by molar-refractivity contribution is 6.31. The second-order valence-corrected chi connectivity index (χ2v) is 8.72. The topological polar surface area (TPSA) is 86.3 Å². The van der Waals surface area contributed by atoms with Gasteiger partial charge >= 0.3 is 0 Å². The molecule has 2 aromatic carbocycles. The third-order valence-corrected chi connectivity index (χ3v) is 6.82. The smallest absolute Gasteiger partial charge is 0.256 e. The molecule has 8 heteroatoms. The highest BCUT2D eigenvalue weighted by Crippen LogP contribution is 2.51. The van der Waals surface area contributed by atoms with Crippen LogP contribution in [0.5, 0.6) is 0 Å². The number of aromatic amines is 1. The molecule has 1 amide bonds. The molecule has 1 fully saturated rings.